The lowest BCUT2D eigenvalue weighted by atomic mass is 10.1. The van der Waals surface area contributed by atoms with Gasteiger partial charge in [-0.05, 0) is 18.6 Å². The van der Waals surface area contributed by atoms with Crippen LogP contribution in [0.3, 0.4) is 0 Å². The maximum atomic E-state index is 11.5. The van der Waals surface area contributed by atoms with Gasteiger partial charge in [-0.2, -0.15) is 0 Å². The van der Waals surface area contributed by atoms with E-state index in [1.54, 1.807) is 6.33 Å². The van der Waals surface area contributed by atoms with Gasteiger partial charge in [0.2, 0.25) is 0 Å². The fourth-order valence-electron chi connectivity index (χ4n) is 1.47. The maximum Gasteiger partial charge on any atom is 0.340 e. The number of aromatic nitrogens is 2. The number of methoxy groups -OCH3 is 1. The first-order valence-electron chi connectivity index (χ1n) is 4.25. The molecule has 0 atom stereocenters. The molecule has 0 unspecified atom stereocenters. The van der Waals surface area contributed by atoms with Gasteiger partial charge in [0.1, 0.15) is 5.52 Å². The third kappa shape index (κ3) is 1.16. The van der Waals surface area contributed by atoms with Crippen molar-refractivity contribution in [2.75, 3.05) is 7.11 Å². The number of rotatable bonds is 1. The van der Waals surface area contributed by atoms with Crippen molar-refractivity contribution in [3.8, 4) is 0 Å². The SMILES string of the molecule is COC(=O)c1c(C)ccc2[nH]cnc12. The number of H-pyrrole nitrogens is 1. The van der Waals surface area contributed by atoms with E-state index in [4.69, 9.17) is 4.74 Å². The molecular weight excluding hydrogens is 180 g/mol. The van der Waals surface area contributed by atoms with Gasteiger partial charge in [0.25, 0.3) is 0 Å². The normalized spacial score (nSPS) is 10.4. The quantitative estimate of drug-likeness (QED) is 0.696. The van der Waals surface area contributed by atoms with Gasteiger partial charge >= 0.3 is 5.97 Å². The number of aryl methyl sites for hydroxylation is 1. The van der Waals surface area contributed by atoms with E-state index in [1.807, 2.05) is 19.1 Å². The molecule has 14 heavy (non-hydrogen) atoms. The number of hydrogen-bond donors (Lipinski definition) is 1. The summed E-state index contributed by atoms with van der Waals surface area (Å²) in [6.07, 6.45) is 1.57. The number of imidazole rings is 1. The Bertz CT molecular complexity index is 488. The largest absolute Gasteiger partial charge is 0.465 e. The predicted octanol–water partition coefficient (Wildman–Crippen LogP) is 1.66. The molecule has 72 valence electrons. The van der Waals surface area contributed by atoms with Crippen molar-refractivity contribution in [3.05, 3.63) is 29.6 Å². The van der Waals surface area contributed by atoms with Crippen LogP contribution in [0.2, 0.25) is 0 Å². The van der Waals surface area contributed by atoms with Crippen LogP contribution in [-0.4, -0.2) is 23.0 Å². The van der Waals surface area contributed by atoms with Crippen molar-refractivity contribution in [2.24, 2.45) is 0 Å². The minimum absolute atomic E-state index is 0.347. The monoisotopic (exact) mass is 190 g/mol. The molecule has 0 aliphatic carbocycles. The van der Waals surface area contributed by atoms with E-state index in [0.717, 1.165) is 11.1 Å². The molecule has 1 aromatic heterocycles. The highest BCUT2D eigenvalue weighted by atomic mass is 16.5. The smallest absolute Gasteiger partial charge is 0.340 e. The molecule has 0 aliphatic rings. The standard InChI is InChI=1S/C10H10N2O2/c1-6-3-4-7-9(12-5-11-7)8(6)10(13)14-2/h3-5H,1-2H3,(H,11,12). The van der Waals surface area contributed by atoms with E-state index < -0.39 is 0 Å². The number of fused-ring (bicyclic) bond motifs is 1. The van der Waals surface area contributed by atoms with Crippen molar-refractivity contribution in [1.29, 1.82) is 0 Å². The summed E-state index contributed by atoms with van der Waals surface area (Å²) in [6, 6.07) is 3.76. The summed E-state index contributed by atoms with van der Waals surface area (Å²) in [5.41, 5.74) is 2.91. The minimum atomic E-state index is -0.347. The maximum absolute atomic E-state index is 11.5. The van der Waals surface area contributed by atoms with Crippen LogP contribution < -0.4 is 0 Å². The zero-order chi connectivity index (χ0) is 10.1. The number of aromatic amines is 1. The molecule has 0 saturated heterocycles. The van der Waals surface area contributed by atoms with Crippen molar-refractivity contribution >= 4 is 17.0 Å². The molecule has 0 spiro atoms. The Hall–Kier alpha value is -1.84. The third-order valence-corrected chi connectivity index (χ3v) is 2.19. The zero-order valence-corrected chi connectivity index (χ0v) is 8.00. The Morgan fingerprint density at radius 2 is 2.29 bits per heavy atom. The number of carbonyl (C=O) groups is 1. The fourth-order valence-corrected chi connectivity index (χ4v) is 1.47. The summed E-state index contributed by atoms with van der Waals surface area (Å²) in [6.45, 7) is 1.86. The number of ether oxygens (including phenoxy) is 1. The second-order valence-electron chi connectivity index (χ2n) is 3.05. The van der Waals surface area contributed by atoms with E-state index in [9.17, 15) is 4.79 Å². The Morgan fingerprint density at radius 1 is 1.50 bits per heavy atom. The first-order chi connectivity index (χ1) is 6.74. The predicted molar refractivity (Wildman–Crippen MR) is 52.2 cm³/mol. The number of hydrogen-bond acceptors (Lipinski definition) is 3. The van der Waals surface area contributed by atoms with Gasteiger partial charge < -0.3 is 9.72 Å². The summed E-state index contributed by atoms with van der Waals surface area (Å²) in [4.78, 5) is 18.5. The molecule has 0 saturated carbocycles. The van der Waals surface area contributed by atoms with Crippen LogP contribution in [0.25, 0.3) is 11.0 Å². The van der Waals surface area contributed by atoms with E-state index in [-0.39, 0.29) is 5.97 Å². The number of esters is 1. The summed E-state index contributed by atoms with van der Waals surface area (Å²) in [5, 5.41) is 0. The van der Waals surface area contributed by atoms with Gasteiger partial charge in [0.05, 0.1) is 24.5 Å². The number of carbonyl (C=O) groups excluding carboxylic acids is 1. The van der Waals surface area contributed by atoms with Crippen LogP contribution in [0.5, 0.6) is 0 Å². The lowest BCUT2D eigenvalue weighted by Crippen LogP contribution is -2.04. The summed E-state index contributed by atoms with van der Waals surface area (Å²) < 4.78 is 4.70. The molecule has 0 amide bonds. The average molecular weight is 190 g/mol. The number of benzene rings is 1. The van der Waals surface area contributed by atoms with Crippen molar-refractivity contribution in [2.45, 2.75) is 6.92 Å². The Balaban J connectivity index is 2.76. The molecule has 0 fully saturated rings. The van der Waals surface area contributed by atoms with Crippen molar-refractivity contribution in [1.82, 2.24) is 9.97 Å². The van der Waals surface area contributed by atoms with Crippen molar-refractivity contribution in [3.63, 3.8) is 0 Å². The first-order valence-corrected chi connectivity index (χ1v) is 4.25. The van der Waals surface area contributed by atoms with E-state index >= 15 is 0 Å². The molecule has 0 bridgehead atoms. The van der Waals surface area contributed by atoms with Crippen LogP contribution in [0.15, 0.2) is 18.5 Å². The third-order valence-electron chi connectivity index (χ3n) is 2.19. The summed E-state index contributed by atoms with van der Waals surface area (Å²) in [5.74, 6) is -0.347. The summed E-state index contributed by atoms with van der Waals surface area (Å²) >= 11 is 0. The number of nitrogens with zero attached hydrogens (tertiary/aromatic N) is 1. The molecule has 1 N–H and O–H groups in total. The number of nitrogens with one attached hydrogen (secondary N) is 1. The molecule has 2 aromatic rings. The first kappa shape index (κ1) is 8.74. The highest BCUT2D eigenvalue weighted by Crippen LogP contribution is 2.19. The van der Waals surface area contributed by atoms with Crippen LogP contribution in [0, 0.1) is 6.92 Å². The second-order valence-corrected chi connectivity index (χ2v) is 3.05. The molecule has 0 aliphatic heterocycles. The van der Waals surface area contributed by atoms with E-state index in [1.165, 1.54) is 7.11 Å². The Labute approximate surface area is 80.9 Å². The average Bonchev–Trinajstić information content (AvgIpc) is 2.64. The fraction of sp³-hybridized carbons (Fsp3) is 0.200. The molecule has 0 radical (unpaired) electrons. The van der Waals surface area contributed by atoms with Crippen LogP contribution in [0.4, 0.5) is 0 Å². The van der Waals surface area contributed by atoms with Crippen LogP contribution in [0.1, 0.15) is 15.9 Å². The summed E-state index contributed by atoms with van der Waals surface area (Å²) in [7, 11) is 1.37. The highest BCUT2D eigenvalue weighted by molar-refractivity contribution is 6.03. The molecule has 4 heteroatoms. The van der Waals surface area contributed by atoms with Gasteiger partial charge in [0, 0.05) is 0 Å². The van der Waals surface area contributed by atoms with Gasteiger partial charge in [-0.25, -0.2) is 9.78 Å². The topological polar surface area (TPSA) is 55.0 Å². The van der Waals surface area contributed by atoms with Gasteiger partial charge in [-0.3, -0.25) is 0 Å². The van der Waals surface area contributed by atoms with Crippen molar-refractivity contribution < 1.29 is 9.53 Å². The van der Waals surface area contributed by atoms with Crippen LogP contribution >= 0.6 is 0 Å². The Morgan fingerprint density at radius 3 is 3.00 bits per heavy atom. The van der Waals surface area contributed by atoms with Crippen LogP contribution in [-0.2, 0) is 4.74 Å². The van der Waals surface area contributed by atoms with E-state index in [0.29, 0.717) is 11.1 Å². The van der Waals surface area contributed by atoms with E-state index in [2.05, 4.69) is 9.97 Å². The molecule has 2 rings (SSSR count). The second kappa shape index (κ2) is 3.14. The minimum Gasteiger partial charge on any atom is -0.465 e. The van der Waals surface area contributed by atoms with Gasteiger partial charge in [-0.1, -0.05) is 6.07 Å². The van der Waals surface area contributed by atoms with Gasteiger partial charge in [-0.15, -0.1) is 0 Å². The lowest BCUT2D eigenvalue weighted by Gasteiger charge is -2.03. The molecular formula is C10H10N2O2. The van der Waals surface area contributed by atoms with Gasteiger partial charge in [0.15, 0.2) is 0 Å². The Kier molecular flexibility index (Phi) is 1.96. The highest BCUT2D eigenvalue weighted by Gasteiger charge is 2.14. The zero-order valence-electron chi connectivity index (χ0n) is 8.00. The molecule has 4 nitrogen and oxygen atoms in total. The lowest BCUT2D eigenvalue weighted by molar-refractivity contribution is 0.0602. The molecule has 1 aromatic carbocycles. The molecule has 1 heterocycles.